The summed E-state index contributed by atoms with van der Waals surface area (Å²) in [5, 5.41) is 4.78. The van der Waals surface area contributed by atoms with Crippen LogP contribution in [0.2, 0.25) is 0 Å². The number of carbonyl (C=O) groups excluding carboxylic acids is 3. The van der Waals surface area contributed by atoms with Gasteiger partial charge in [-0.15, -0.1) is 11.3 Å². The highest BCUT2D eigenvalue weighted by molar-refractivity contribution is 7.12. The predicted molar refractivity (Wildman–Crippen MR) is 120 cm³/mol. The third kappa shape index (κ3) is 6.50. The van der Waals surface area contributed by atoms with E-state index in [2.05, 4.69) is 28.2 Å². The number of hydrogen-bond acceptors (Lipinski definition) is 6. The first-order valence-corrected chi connectivity index (χ1v) is 11.3. The second kappa shape index (κ2) is 11.0. The molecule has 0 aliphatic carbocycles. The van der Waals surface area contributed by atoms with Crippen molar-refractivity contribution in [3.63, 3.8) is 0 Å². The molecule has 1 N–H and O–H groups in total. The van der Waals surface area contributed by atoms with E-state index in [0.29, 0.717) is 11.4 Å². The first kappa shape index (κ1) is 22.2. The number of carbonyl (C=O) groups is 3. The van der Waals surface area contributed by atoms with Gasteiger partial charge >= 0.3 is 0 Å². The summed E-state index contributed by atoms with van der Waals surface area (Å²) in [6.07, 6.45) is 0.724. The van der Waals surface area contributed by atoms with Crippen LogP contribution in [0.1, 0.15) is 40.9 Å². The largest absolute Gasteiger partial charge is 0.369 e. The number of Topliss-reactive ketones (excluding diaryl/α,β-unsaturated/α-hetero) is 2. The number of amides is 1. The van der Waals surface area contributed by atoms with Gasteiger partial charge in [-0.3, -0.25) is 14.4 Å². The van der Waals surface area contributed by atoms with E-state index >= 15 is 0 Å². The lowest BCUT2D eigenvalue weighted by atomic mass is 10.1. The molecule has 0 radical (unpaired) electrons. The SMILES string of the molecule is CN1CCN(c2ccccc2CNC(=O)CCC(=O)CCC(=O)c2cccs2)CC1. The summed E-state index contributed by atoms with van der Waals surface area (Å²) < 4.78 is 0. The molecule has 1 aliphatic heterocycles. The number of likely N-dealkylation sites (N-methyl/N-ethyl adjacent to an activating group) is 1. The van der Waals surface area contributed by atoms with Gasteiger partial charge in [-0.1, -0.05) is 24.3 Å². The quantitative estimate of drug-likeness (QED) is 0.590. The van der Waals surface area contributed by atoms with Crippen LogP contribution in [-0.2, 0) is 16.1 Å². The van der Waals surface area contributed by atoms with Crippen LogP contribution in [0.25, 0.3) is 0 Å². The van der Waals surface area contributed by atoms with Crippen LogP contribution < -0.4 is 10.2 Å². The van der Waals surface area contributed by atoms with Crippen molar-refractivity contribution in [2.24, 2.45) is 0 Å². The minimum atomic E-state index is -0.138. The Hall–Kier alpha value is -2.51. The van der Waals surface area contributed by atoms with Crippen LogP contribution in [0, 0.1) is 0 Å². The van der Waals surface area contributed by atoms with Crippen molar-refractivity contribution in [3.05, 3.63) is 52.2 Å². The predicted octanol–water partition coefficient (Wildman–Crippen LogP) is 3.13. The summed E-state index contributed by atoms with van der Waals surface area (Å²) in [6, 6.07) is 11.7. The smallest absolute Gasteiger partial charge is 0.220 e. The van der Waals surface area contributed by atoms with Gasteiger partial charge in [-0.05, 0) is 30.1 Å². The average molecular weight is 428 g/mol. The summed E-state index contributed by atoms with van der Waals surface area (Å²) in [4.78, 5) is 41.6. The van der Waals surface area contributed by atoms with Crippen molar-refractivity contribution in [2.45, 2.75) is 32.2 Å². The van der Waals surface area contributed by atoms with Crippen LogP contribution in [-0.4, -0.2) is 55.6 Å². The number of hydrogen-bond donors (Lipinski definition) is 1. The topological polar surface area (TPSA) is 69.7 Å². The minimum Gasteiger partial charge on any atom is -0.369 e. The lowest BCUT2D eigenvalue weighted by Gasteiger charge is -2.35. The molecule has 1 amide bonds. The van der Waals surface area contributed by atoms with E-state index in [4.69, 9.17) is 0 Å². The zero-order valence-electron chi connectivity index (χ0n) is 17.4. The molecule has 1 aromatic carbocycles. The van der Waals surface area contributed by atoms with Gasteiger partial charge in [0.2, 0.25) is 5.91 Å². The van der Waals surface area contributed by atoms with Crippen molar-refractivity contribution >= 4 is 34.5 Å². The maximum absolute atomic E-state index is 12.2. The molecule has 0 saturated carbocycles. The Bertz CT molecular complexity index is 858. The maximum atomic E-state index is 12.2. The van der Waals surface area contributed by atoms with E-state index in [9.17, 15) is 14.4 Å². The van der Waals surface area contributed by atoms with Gasteiger partial charge in [-0.2, -0.15) is 0 Å². The zero-order chi connectivity index (χ0) is 21.3. The Labute approximate surface area is 181 Å². The molecule has 6 nitrogen and oxygen atoms in total. The first-order valence-electron chi connectivity index (χ1n) is 10.4. The summed E-state index contributed by atoms with van der Waals surface area (Å²) in [7, 11) is 2.13. The third-order valence-electron chi connectivity index (χ3n) is 5.37. The fourth-order valence-corrected chi connectivity index (χ4v) is 4.18. The van der Waals surface area contributed by atoms with Gasteiger partial charge < -0.3 is 15.1 Å². The summed E-state index contributed by atoms with van der Waals surface area (Å²) in [6.45, 7) is 4.45. The van der Waals surface area contributed by atoms with E-state index in [1.807, 2.05) is 29.6 Å². The van der Waals surface area contributed by atoms with E-state index in [1.165, 1.54) is 11.3 Å². The molecular formula is C23H29N3O3S. The minimum absolute atomic E-state index is 0.0108. The molecule has 1 aromatic heterocycles. The van der Waals surface area contributed by atoms with Crippen LogP contribution >= 0.6 is 11.3 Å². The number of thiophene rings is 1. The average Bonchev–Trinajstić information content (AvgIpc) is 3.30. The van der Waals surface area contributed by atoms with Crippen molar-refractivity contribution < 1.29 is 14.4 Å². The number of rotatable bonds is 10. The van der Waals surface area contributed by atoms with Crippen molar-refractivity contribution in [1.29, 1.82) is 0 Å². The Morgan fingerprint density at radius 1 is 0.933 bits per heavy atom. The number of nitrogens with one attached hydrogen (secondary N) is 1. The standard InChI is InChI=1S/C23H29N3O3S/c1-25-12-14-26(15-13-25)20-6-3-2-5-18(20)17-24-23(29)11-9-19(27)8-10-21(28)22-7-4-16-30-22/h2-7,16H,8-15,17H2,1H3,(H,24,29). The maximum Gasteiger partial charge on any atom is 0.220 e. The normalized spacial score (nSPS) is 14.5. The van der Waals surface area contributed by atoms with E-state index < -0.39 is 0 Å². The highest BCUT2D eigenvalue weighted by Gasteiger charge is 2.17. The van der Waals surface area contributed by atoms with Gasteiger partial charge in [0.1, 0.15) is 5.78 Å². The molecule has 0 unspecified atom stereocenters. The number of ketones is 2. The van der Waals surface area contributed by atoms with Gasteiger partial charge in [0.05, 0.1) is 4.88 Å². The Morgan fingerprint density at radius 2 is 1.67 bits per heavy atom. The van der Waals surface area contributed by atoms with E-state index in [1.54, 1.807) is 6.07 Å². The van der Waals surface area contributed by atoms with E-state index in [0.717, 1.165) is 37.4 Å². The molecule has 30 heavy (non-hydrogen) atoms. The fraction of sp³-hybridized carbons (Fsp3) is 0.435. The number of para-hydroxylation sites is 1. The lowest BCUT2D eigenvalue weighted by molar-refractivity contribution is -0.125. The number of piperazine rings is 1. The Balaban J connectivity index is 1.40. The van der Waals surface area contributed by atoms with Gasteiger partial charge in [0, 0.05) is 64.1 Å². The highest BCUT2D eigenvalue weighted by Crippen LogP contribution is 2.21. The number of anilines is 1. The van der Waals surface area contributed by atoms with Crippen molar-refractivity contribution in [3.8, 4) is 0 Å². The molecule has 2 aromatic rings. The summed E-state index contributed by atoms with van der Waals surface area (Å²) in [5.41, 5.74) is 2.25. The number of nitrogens with zero attached hydrogens (tertiary/aromatic N) is 2. The molecule has 0 spiro atoms. The molecule has 1 saturated heterocycles. The Kier molecular flexibility index (Phi) is 8.16. The van der Waals surface area contributed by atoms with Gasteiger partial charge in [-0.25, -0.2) is 0 Å². The molecule has 7 heteroatoms. The summed E-state index contributed by atoms with van der Waals surface area (Å²) in [5.74, 6) is -0.197. The van der Waals surface area contributed by atoms with Crippen LogP contribution in [0.3, 0.4) is 0 Å². The first-order chi connectivity index (χ1) is 14.5. The molecule has 2 heterocycles. The number of benzene rings is 1. The second-order valence-corrected chi connectivity index (χ2v) is 8.58. The molecule has 160 valence electrons. The van der Waals surface area contributed by atoms with E-state index in [-0.39, 0.29) is 43.2 Å². The molecule has 0 atom stereocenters. The molecule has 1 aliphatic rings. The zero-order valence-corrected chi connectivity index (χ0v) is 18.2. The molecular weight excluding hydrogens is 398 g/mol. The monoisotopic (exact) mass is 427 g/mol. The van der Waals surface area contributed by atoms with Crippen LogP contribution in [0.4, 0.5) is 5.69 Å². The second-order valence-electron chi connectivity index (χ2n) is 7.63. The molecule has 3 rings (SSSR count). The lowest BCUT2D eigenvalue weighted by Crippen LogP contribution is -2.45. The van der Waals surface area contributed by atoms with Crippen molar-refractivity contribution in [1.82, 2.24) is 10.2 Å². The molecule has 1 fully saturated rings. The van der Waals surface area contributed by atoms with Crippen LogP contribution in [0.15, 0.2) is 41.8 Å². The fourth-order valence-electron chi connectivity index (χ4n) is 3.49. The van der Waals surface area contributed by atoms with Gasteiger partial charge in [0.15, 0.2) is 5.78 Å². The Morgan fingerprint density at radius 3 is 2.40 bits per heavy atom. The summed E-state index contributed by atoms with van der Waals surface area (Å²) >= 11 is 1.39. The highest BCUT2D eigenvalue weighted by atomic mass is 32.1. The van der Waals surface area contributed by atoms with Crippen molar-refractivity contribution in [2.75, 3.05) is 38.1 Å². The van der Waals surface area contributed by atoms with Gasteiger partial charge in [0.25, 0.3) is 0 Å². The third-order valence-corrected chi connectivity index (χ3v) is 6.28. The molecule has 0 bridgehead atoms. The van der Waals surface area contributed by atoms with Crippen LogP contribution in [0.5, 0.6) is 0 Å².